The molecule has 2 aromatic rings. The van der Waals surface area contributed by atoms with Crippen LogP contribution in [0.25, 0.3) is 0 Å². The highest BCUT2D eigenvalue weighted by Crippen LogP contribution is 2.24. The molecule has 0 bridgehead atoms. The van der Waals surface area contributed by atoms with Crippen LogP contribution in [0.2, 0.25) is 0 Å². The summed E-state index contributed by atoms with van der Waals surface area (Å²) in [6.45, 7) is 5.92. The molecular weight excluding hydrogens is 320 g/mol. The number of nitrogens with two attached hydrogens (primary N) is 1. The highest BCUT2D eigenvalue weighted by molar-refractivity contribution is 5.53. The molecule has 25 heavy (non-hydrogen) atoms. The normalized spacial score (nSPS) is 13.8. The van der Waals surface area contributed by atoms with E-state index in [1.807, 2.05) is 10.7 Å². The Morgan fingerprint density at radius 2 is 2.24 bits per heavy atom. The third-order valence-corrected chi connectivity index (χ3v) is 4.27. The zero-order chi connectivity index (χ0) is 17.6. The second-order valence-corrected chi connectivity index (χ2v) is 6.12. The number of unbranched alkanes of at least 4 members (excludes halogenated alkanes) is 1. The summed E-state index contributed by atoms with van der Waals surface area (Å²) in [7, 11) is 1.69. The van der Waals surface area contributed by atoms with Crippen molar-refractivity contribution in [3.05, 3.63) is 17.5 Å². The van der Waals surface area contributed by atoms with Gasteiger partial charge in [0, 0.05) is 32.7 Å². The molecule has 0 amide bonds. The van der Waals surface area contributed by atoms with Gasteiger partial charge in [0.1, 0.15) is 17.3 Å². The summed E-state index contributed by atoms with van der Waals surface area (Å²) in [6, 6.07) is 1.95. The van der Waals surface area contributed by atoms with E-state index in [-0.39, 0.29) is 5.95 Å². The van der Waals surface area contributed by atoms with Gasteiger partial charge in [0.15, 0.2) is 0 Å². The number of ether oxygens (including phenoxy) is 1. The Hall–Kier alpha value is -2.42. The Balaban J connectivity index is 1.72. The fourth-order valence-corrected chi connectivity index (χ4v) is 2.92. The number of anilines is 3. The van der Waals surface area contributed by atoms with Crippen molar-refractivity contribution in [2.45, 2.75) is 39.3 Å². The van der Waals surface area contributed by atoms with Gasteiger partial charge in [-0.25, -0.2) is 4.68 Å². The number of aromatic nitrogens is 5. The largest absolute Gasteiger partial charge is 0.383 e. The maximum absolute atomic E-state index is 5.89. The van der Waals surface area contributed by atoms with Crippen LogP contribution in [0, 0.1) is 0 Å². The third-order valence-electron chi connectivity index (χ3n) is 4.27. The minimum absolute atomic E-state index is 0.283. The first-order chi connectivity index (χ1) is 12.2. The second kappa shape index (κ2) is 8.11. The summed E-state index contributed by atoms with van der Waals surface area (Å²) in [5.41, 5.74) is 8.05. The van der Waals surface area contributed by atoms with Gasteiger partial charge in [0.05, 0.1) is 25.4 Å². The minimum Gasteiger partial charge on any atom is -0.383 e. The van der Waals surface area contributed by atoms with Crippen molar-refractivity contribution in [3.63, 3.8) is 0 Å². The molecule has 0 saturated carbocycles. The van der Waals surface area contributed by atoms with Crippen LogP contribution in [0.3, 0.4) is 0 Å². The first kappa shape index (κ1) is 17.4. The zero-order valence-electron chi connectivity index (χ0n) is 14.9. The topological polar surface area (TPSA) is 107 Å². The van der Waals surface area contributed by atoms with E-state index in [1.54, 1.807) is 7.11 Å². The van der Waals surface area contributed by atoms with E-state index in [0.717, 1.165) is 56.2 Å². The van der Waals surface area contributed by atoms with Gasteiger partial charge in [-0.3, -0.25) is 0 Å². The van der Waals surface area contributed by atoms with Crippen molar-refractivity contribution in [1.29, 1.82) is 0 Å². The molecule has 3 rings (SSSR count). The van der Waals surface area contributed by atoms with Gasteiger partial charge in [-0.1, -0.05) is 18.6 Å². The van der Waals surface area contributed by atoms with E-state index in [2.05, 4.69) is 37.4 Å². The molecule has 0 spiro atoms. The van der Waals surface area contributed by atoms with Crippen LogP contribution in [0.4, 0.5) is 17.6 Å². The van der Waals surface area contributed by atoms with Gasteiger partial charge in [-0.05, 0) is 6.42 Å². The van der Waals surface area contributed by atoms with Crippen molar-refractivity contribution in [2.75, 3.05) is 42.8 Å². The smallest absolute Gasteiger partial charge is 0.223 e. The van der Waals surface area contributed by atoms with E-state index in [0.29, 0.717) is 13.2 Å². The van der Waals surface area contributed by atoms with E-state index < -0.39 is 0 Å². The number of nitrogens with one attached hydrogen (secondary N) is 1. The van der Waals surface area contributed by atoms with E-state index in [9.17, 15) is 0 Å². The monoisotopic (exact) mass is 346 g/mol. The molecule has 0 aliphatic carbocycles. The quantitative estimate of drug-likeness (QED) is 0.684. The molecule has 1 aliphatic heterocycles. The third kappa shape index (κ3) is 4.16. The van der Waals surface area contributed by atoms with Crippen LogP contribution in [0.1, 0.15) is 31.2 Å². The molecule has 136 valence electrons. The lowest BCUT2D eigenvalue weighted by Gasteiger charge is -2.27. The summed E-state index contributed by atoms with van der Waals surface area (Å²) in [5, 5.41) is 11.9. The fourth-order valence-electron chi connectivity index (χ4n) is 2.92. The van der Waals surface area contributed by atoms with Crippen LogP contribution in [0.15, 0.2) is 6.07 Å². The molecular formula is C16H26N8O. The molecule has 3 N–H and O–H groups in total. The van der Waals surface area contributed by atoms with Gasteiger partial charge in [0.2, 0.25) is 5.95 Å². The summed E-state index contributed by atoms with van der Waals surface area (Å²) in [5.74, 6) is 1.88. The van der Waals surface area contributed by atoms with Crippen LogP contribution in [-0.2, 0) is 24.2 Å². The first-order valence-corrected chi connectivity index (χ1v) is 8.74. The molecule has 3 heterocycles. The average Bonchev–Trinajstić information content (AvgIpc) is 3.02. The van der Waals surface area contributed by atoms with Crippen molar-refractivity contribution in [3.8, 4) is 0 Å². The zero-order valence-corrected chi connectivity index (χ0v) is 14.9. The van der Waals surface area contributed by atoms with E-state index in [4.69, 9.17) is 10.5 Å². The van der Waals surface area contributed by atoms with Crippen molar-refractivity contribution in [1.82, 2.24) is 25.0 Å². The van der Waals surface area contributed by atoms with Crippen molar-refractivity contribution < 1.29 is 4.74 Å². The second-order valence-electron chi connectivity index (χ2n) is 6.12. The number of nitrogen functional groups attached to an aromatic ring is 1. The van der Waals surface area contributed by atoms with Crippen molar-refractivity contribution in [2.24, 2.45) is 0 Å². The summed E-state index contributed by atoms with van der Waals surface area (Å²) in [6.07, 6.45) is 3.10. The lowest BCUT2D eigenvalue weighted by Crippen LogP contribution is -2.32. The lowest BCUT2D eigenvalue weighted by atomic mass is 10.1. The Morgan fingerprint density at radius 3 is 3.04 bits per heavy atom. The Morgan fingerprint density at radius 1 is 1.36 bits per heavy atom. The van der Waals surface area contributed by atoms with Crippen molar-refractivity contribution >= 4 is 17.6 Å². The number of rotatable bonds is 8. The summed E-state index contributed by atoms with van der Waals surface area (Å²) >= 11 is 0. The van der Waals surface area contributed by atoms with Gasteiger partial charge >= 0.3 is 0 Å². The Kier molecular flexibility index (Phi) is 5.64. The number of hydrogen-bond acceptors (Lipinski definition) is 8. The molecule has 0 atom stereocenters. The van der Waals surface area contributed by atoms with Gasteiger partial charge in [-0.2, -0.15) is 9.97 Å². The van der Waals surface area contributed by atoms with Crippen LogP contribution in [-0.4, -0.2) is 51.8 Å². The number of fused-ring (bicyclic) bond motifs is 1. The molecule has 0 aromatic carbocycles. The standard InChI is InChI=1S/C16H26N8O/c1-3-4-6-18-14-10-15(20-16(17)19-14)23-7-5-13-12(11-23)21-22-24(13)8-9-25-2/h10H,3-9,11H2,1-2H3,(H3,17,18,19,20). The predicted octanol–water partition coefficient (Wildman–Crippen LogP) is 1.07. The molecule has 1 aliphatic rings. The van der Waals surface area contributed by atoms with Crippen LogP contribution < -0.4 is 16.0 Å². The molecule has 9 nitrogen and oxygen atoms in total. The Bertz CT molecular complexity index is 701. The molecule has 9 heteroatoms. The van der Waals surface area contributed by atoms with Gasteiger partial charge in [0.25, 0.3) is 0 Å². The predicted molar refractivity (Wildman–Crippen MR) is 96.5 cm³/mol. The average molecular weight is 346 g/mol. The van der Waals surface area contributed by atoms with Crippen LogP contribution in [0.5, 0.6) is 0 Å². The highest BCUT2D eigenvalue weighted by Gasteiger charge is 2.23. The van der Waals surface area contributed by atoms with E-state index in [1.165, 1.54) is 5.69 Å². The number of nitrogens with zero attached hydrogens (tertiary/aromatic N) is 6. The minimum atomic E-state index is 0.283. The molecule has 0 saturated heterocycles. The fraction of sp³-hybridized carbons (Fsp3) is 0.625. The van der Waals surface area contributed by atoms with Gasteiger partial charge in [-0.15, -0.1) is 5.10 Å². The number of hydrogen-bond donors (Lipinski definition) is 2. The highest BCUT2D eigenvalue weighted by atomic mass is 16.5. The molecule has 0 fully saturated rings. The summed E-state index contributed by atoms with van der Waals surface area (Å²) in [4.78, 5) is 10.8. The van der Waals surface area contributed by atoms with Gasteiger partial charge < -0.3 is 20.7 Å². The SMILES string of the molecule is CCCCNc1cc(N2CCc3c(nnn3CCOC)C2)nc(N)n1. The molecule has 0 unspecified atom stereocenters. The van der Waals surface area contributed by atoms with Crippen LogP contribution >= 0.6 is 0 Å². The summed E-state index contributed by atoms with van der Waals surface area (Å²) < 4.78 is 7.06. The number of methoxy groups -OCH3 is 1. The Labute approximate surface area is 147 Å². The van der Waals surface area contributed by atoms with E-state index >= 15 is 0 Å². The molecule has 2 aromatic heterocycles. The maximum Gasteiger partial charge on any atom is 0.223 e. The lowest BCUT2D eigenvalue weighted by molar-refractivity contribution is 0.181. The molecule has 0 radical (unpaired) electrons. The first-order valence-electron chi connectivity index (χ1n) is 8.74. The maximum atomic E-state index is 5.89.